The average molecular weight is 302 g/mol. The molecule has 0 bridgehead atoms. The maximum atomic E-state index is 13.2. The monoisotopic (exact) mass is 301 g/mol. The summed E-state index contributed by atoms with van der Waals surface area (Å²) >= 11 is 3.05. The van der Waals surface area contributed by atoms with Crippen molar-refractivity contribution in [2.24, 2.45) is 0 Å². The largest absolute Gasteiger partial charge is 0.504 e. The van der Waals surface area contributed by atoms with Gasteiger partial charge in [-0.2, -0.15) is 0 Å². The maximum Gasteiger partial charge on any atom is 0.358 e. The van der Waals surface area contributed by atoms with Crippen LogP contribution in [0.1, 0.15) is 10.5 Å². The molecular weight excluding hydrogens is 297 g/mol. The smallest absolute Gasteiger partial charge is 0.358 e. The fraction of sp³-hybridized carbons (Fsp3) is 0. The first-order valence-electron chi connectivity index (χ1n) is 4.37. The summed E-state index contributed by atoms with van der Waals surface area (Å²) in [5.74, 6) is -2.76. The van der Waals surface area contributed by atoms with E-state index in [2.05, 4.69) is 21.1 Å². The molecule has 1 aromatic heterocycles. The van der Waals surface area contributed by atoms with Crippen molar-refractivity contribution in [2.75, 3.05) is 0 Å². The molecule has 2 rings (SSSR count). The Morgan fingerprint density at radius 1 is 1.41 bits per heavy atom. The fourth-order valence-electron chi connectivity index (χ4n) is 1.26. The van der Waals surface area contributed by atoms with E-state index in [1.807, 2.05) is 0 Å². The highest BCUT2D eigenvalue weighted by molar-refractivity contribution is 9.10. The van der Waals surface area contributed by atoms with Gasteiger partial charge in [0.15, 0.2) is 23.0 Å². The molecule has 1 aromatic carbocycles. The van der Waals surface area contributed by atoms with Crippen LogP contribution in [-0.2, 0) is 0 Å². The third-order valence-corrected chi connectivity index (χ3v) is 2.48. The molecule has 0 fully saturated rings. The molecule has 0 aliphatic rings. The van der Waals surface area contributed by atoms with Gasteiger partial charge in [0.1, 0.15) is 0 Å². The summed E-state index contributed by atoms with van der Waals surface area (Å²) in [5, 5.41) is 21.4. The number of carboxylic acid groups (broad SMARTS) is 1. The van der Waals surface area contributed by atoms with E-state index in [4.69, 9.17) is 9.63 Å². The van der Waals surface area contributed by atoms with Gasteiger partial charge in [0.2, 0.25) is 0 Å². The van der Waals surface area contributed by atoms with Crippen LogP contribution in [0, 0.1) is 5.82 Å². The van der Waals surface area contributed by atoms with Gasteiger partial charge < -0.3 is 14.7 Å². The molecule has 5 nitrogen and oxygen atoms in total. The highest BCUT2D eigenvalue weighted by atomic mass is 79.9. The van der Waals surface area contributed by atoms with Crippen LogP contribution in [0.5, 0.6) is 5.75 Å². The Labute approximate surface area is 103 Å². The second-order valence-electron chi connectivity index (χ2n) is 3.17. The predicted molar refractivity (Wildman–Crippen MR) is 58.2 cm³/mol. The van der Waals surface area contributed by atoms with Gasteiger partial charge in [-0.3, -0.25) is 0 Å². The van der Waals surface area contributed by atoms with E-state index in [-0.39, 0.29) is 17.0 Å². The van der Waals surface area contributed by atoms with Crippen molar-refractivity contribution in [1.82, 2.24) is 5.16 Å². The van der Waals surface area contributed by atoms with Gasteiger partial charge in [0.25, 0.3) is 0 Å². The molecule has 0 aliphatic heterocycles. The molecule has 0 aliphatic carbocycles. The van der Waals surface area contributed by atoms with E-state index < -0.39 is 17.5 Å². The fourth-order valence-corrected chi connectivity index (χ4v) is 1.69. The molecule has 1 heterocycles. The van der Waals surface area contributed by atoms with E-state index in [9.17, 15) is 14.3 Å². The summed E-state index contributed by atoms with van der Waals surface area (Å²) in [7, 11) is 0. The molecule has 0 saturated heterocycles. The van der Waals surface area contributed by atoms with Crippen LogP contribution in [0.2, 0.25) is 0 Å². The first kappa shape index (κ1) is 11.6. The number of halogens is 2. The number of benzene rings is 1. The molecule has 2 N–H and O–H groups in total. The van der Waals surface area contributed by atoms with E-state index in [1.165, 1.54) is 6.07 Å². The Morgan fingerprint density at radius 3 is 2.71 bits per heavy atom. The lowest BCUT2D eigenvalue weighted by atomic mass is 10.1. The first-order chi connectivity index (χ1) is 7.99. The van der Waals surface area contributed by atoms with E-state index in [0.29, 0.717) is 4.47 Å². The van der Waals surface area contributed by atoms with Crippen molar-refractivity contribution in [2.45, 2.75) is 0 Å². The van der Waals surface area contributed by atoms with Crippen LogP contribution in [0.4, 0.5) is 4.39 Å². The zero-order valence-electron chi connectivity index (χ0n) is 8.15. The second-order valence-corrected chi connectivity index (χ2v) is 4.08. The van der Waals surface area contributed by atoms with E-state index in [1.54, 1.807) is 0 Å². The zero-order chi connectivity index (χ0) is 12.6. The number of aromatic nitrogens is 1. The molecule has 7 heteroatoms. The van der Waals surface area contributed by atoms with Crippen LogP contribution in [0.25, 0.3) is 11.3 Å². The molecule has 0 radical (unpaired) electrons. The Morgan fingerprint density at radius 2 is 2.12 bits per heavy atom. The normalized spacial score (nSPS) is 10.5. The lowest BCUT2D eigenvalue weighted by Crippen LogP contribution is -1.94. The number of hydrogen-bond acceptors (Lipinski definition) is 4. The average Bonchev–Trinajstić information content (AvgIpc) is 2.72. The summed E-state index contributed by atoms with van der Waals surface area (Å²) in [6.07, 6.45) is 0. The molecule has 0 atom stereocenters. The van der Waals surface area contributed by atoms with Crippen molar-refractivity contribution < 1.29 is 23.9 Å². The number of nitrogens with zero attached hydrogens (tertiary/aromatic N) is 1. The second kappa shape index (κ2) is 4.17. The third kappa shape index (κ3) is 2.14. The van der Waals surface area contributed by atoms with Gasteiger partial charge >= 0.3 is 5.97 Å². The molecule has 88 valence electrons. The van der Waals surface area contributed by atoms with Crippen molar-refractivity contribution >= 4 is 21.9 Å². The van der Waals surface area contributed by atoms with E-state index in [0.717, 1.165) is 12.1 Å². The summed E-state index contributed by atoms with van der Waals surface area (Å²) in [6.45, 7) is 0. The summed E-state index contributed by atoms with van der Waals surface area (Å²) in [5.41, 5.74) is -0.295. The number of aromatic hydroxyl groups is 1. The Hall–Kier alpha value is -1.89. The van der Waals surface area contributed by atoms with Crippen LogP contribution < -0.4 is 0 Å². The molecule has 0 spiro atoms. The van der Waals surface area contributed by atoms with Crippen molar-refractivity contribution in [3.8, 4) is 17.1 Å². The first-order valence-corrected chi connectivity index (χ1v) is 5.16. The summed E-state index contributed by atoms with van der Waals surface area (Å²) in [4.78, 5) is 10.6. The number of phenolic OH excluding ortho intramolecular Hbond substituents is 1. The summed E-state index contributed by atoms with van der Waals surface area (Å²) in [6, 6.07) is 3.57. The number of carbonyl (C=O) groups is 1. The molecule has 17 heavy (non-hydrogen) atoms. The Balaban J connectivity index is 2.56. The van der Waals surface area contributed by atoms with Crippen LogP contribution in [-0.4, -0.2) is 21.3 Å². The van der Waals surface area contributed by atoms with Crippen molar-refractivity contribution in [3.05, 3.63) is 34.2 Å². The maximum absolute atomic E-state index is 13.2. The van der Waals surface area contributed by atoms with Crippen LogP contribution >= 0.6 is 15.9 Å². The summed E-state index contributed by atoms with van der Waals surface area (Å²) < 4.78 is 18.3. The van der Waals surface area contributed by atoms with Crippen molar-refractivity contribution in [1.29, 1.82) is 0 Å². The lowest BCUT2D eigenvalue weighted by molar-refractivity contribution is 0.0686. The lowest BCUT2D eigenvalue weighted by Gasteiger charge is -2.02. The minimum Gasteiger partial charge on any atom is -0.504 e. The van der Waals surface area contributed by atoms with Gasteiger partial charge in [0.05, 0.1) is 5.56 Å². The topological polar surface area (TPSA) is 83.6 Å². The molecule has 0 amide bonds. The molecule has 0 unspecified atom stereocenters. The number of rotatable bonds is 2. The number of hydrogen-bond donors (Lipinski definition) is 2. The van der Waals surface area contributed by atoms with Crippen LogP contribution in [0.3, 0.4) is 0 Å². The molecule has 2 aromatic rings. The number of phenols is 1. The number of aromatic carboxylic acids is 1. The predicted octanol–water partition coefficient (Wildman–Crippen LogP) is 2.65. The van der Waals surface area contributed by atoms with Gasteiger partial charge in [-0.15, -0.1) is 0 Å². The van der Waals surface area contributed by atoms with Gasteiger partial charge in [-0.05, 0) is 12.1 Å². The van der Waals surface area contributed by atoms with Crippen molar-refractivity contribution in [3.63, 3.8) is 0 Å². The SMILES string of the molecule is O=C(O)c1cc(-c2cc(Br)cc(F)c2O)on1. The molecule has 0 saturated carbocycles. The highest BCUT2D eigenvalue weighted by Gasteiger charge is 2.17. The quantitative estimate of drug-likeness (QED) is 0.891. The minimum absolute atomic E-state index is 0.0249. The molecular formula is C10H5BrFNO4. The third-order valence-electron chi connectivity index (χ3n) is 2.02. The standard InChI is InChI=1S/C10H5BrFNO4/c11-4-1-5(9(14)6(12)2-4)8-3-7(10(15)16)13-17-8/h1-3,14H,(H,15,16). The van der Waals surface area contributed by atoms with Gasteiger partial charge in [0, 0.05) is 10.5 Å². The minimum atomic E-state index is -1.27. The van der Waals surface area contributed by atoms with Gasteiger partial charge in [-0.1, -0.05) is 21.1 Å². The highest BCUT2D eigenvalue weighted by Crippen LogP contribution is 2.34. The van der Waals surface area contributed by atoms with Crippen LogP contribution in [0.15, 0.2) is 27.2 Å². The number of carboxylic acids is 1. The van der Waals surface area contributed by atoms with E-state index >= 15 is 0 Å². The Bertz CT molecular complexity index is 596. The zero-order valence-corrected chi connectivity index (χ0v) is 9.73. The van der Waals surface area contributed by atoms with Gasteiger partial charge in [-0.25, -0.2) is 9.18 Å². The Kier molecular flexibility index (Phi) is 2.84.